The topological polar surface area (TPSA) is 79.1 Å². The van der Waals surface area contributed by atoms with Crippen LogP contribution in [0.1, 0.15) is 26.3 Å². The van der Waals surface area contributed by atoms with Gasteiger partial charge in [-0.15, -0.1) is 0 Å². The summed E-state index contributed by atoms with van der Waals surface area (Å²) in [5.74, 6) is -0.993. The van der Waals surface area contributed by atoms with Gasteiger partial charge in [0, 0.05) is 23.2 Å². The molecule has 0 spiro atoms. The SMILES string of the molecule is C=C/C=c1/c(CC(N)C(=O)O)c[nH]/c1=C/C.CC. The number of nitrogens with two attached hydrogens (primary N) is 1. The van der Waals surface area contributed by atoms with E-state index in [4.69, 9.17) is 10.8 Å². The molecular weight excluding hydrogens is 228 g/mol. The molecule has 18 heavy (non-hydrogen) atoms. The number of H-pyrrole nitrogens is 1. The summed E-state index contributed by atoms with van der Waals surface area (Å²) in [4.78, 5) is 13.7. The van der Waals surface area contributed by atoms with Crippen molar-refractivity contribution in [1.29, 1.82) is 0 Å². The molecule has 0 aromatic carbocycles. The highest BCUT2D eigenvalue weighted by molar-refractivity contribution is 5.73. The molecule has 0 aliphatic carbocycles. The van der Waals surface area contributed by atoms with Crippen LogP contribution in [-0.2, 0) is 11.2 Å². The van der Waals surface area contributed by atoms with Crippen LogP contribution in [0.3, 0.4) is 0 Å². The lowest BCUT2D eigenvalue weighted by atomic mass is 10.1. The third kappa shape index (κ3) is 4.22. The van der Waals surface area contributed by atoms with Crippen molar-refractivity contribution >= 4 is 18.1 Å². The highest BCUT2D eigenvalue weighted by Gasteiger charge is 2.13. The predicted molar refractivity (Wildman–Crippen MR) is 75.5 cm³/mol. The van der Waals surface area contributed by atoms with E-state index in [0.717, 1.165) is 16.1 Å². The van der Waals surface area contributed by atoms with Crippen molar-refractivity contribution in [2.75, 3.05) is 0 Å². The van der Waals surface area contributed by atoms with Crippen LogP contribution in [0.5, 0.6) is 0 Å². The first kappa shape index (κ1) is 16.2. The molecule has 4 heteroatoms. The van der Waals surface area contributed by atoms with E-state index in [1.54, 1.807) is 12.3 Å². The zero-order valence-corrected chi connectivity index (χ0v) is 11.2. The van der Waals surface area contributed by atoms with E-state index < -0.39 is 12.0 Å². The number of carboxylic acid groups (broad SMARTS) is 1. The standard InChI is InChI=1S/C12H16N2O2.C2H6/c1-3-5-9-8(6-10(13)12(15)16)7-14-11(9)4-2;1-2/h3-5,7,10,14H,1,6,13H2,2H3,(H,15,16);1-2H3/b9-5-,11-4+;. The van der Waals surface area contributed by atoms with E-state index in [1.807, 2.05) is 32.9 Å². The maximum Gasteiger partial charge on any atom is 0.320 e. The van der Waals surface area contributed by atoms with Gasteiger partial charge in [-0.2, -0.15) is 0 Å². The molecule has 1 aromatic heterocycles. The number of hydrogen-bond acceptors (Lipinski definition) is 2. The smallest absolute Gasteiger partial charge is 0.320 e. The van der Waals surface area contributed by atoms with Crippen LogP contribution in [0, 0.1) is 0 Å². The highest BCUT2D eigenvalue weighted by atomic mass is 16.4. The number of allylic oxidation sites excluding steroid dienone is 1. The van der Waals surface area contributed by atoms with Crippen molar-refractivity contribution in [1.82, 2.24) is 4.98 Å². The second-order valence-electron chi connectivity index (χ2n) is 3.48. The number of rotatable bonds is 4. The highest BCUT2D eigenvalue weighted by Crippen LogP contribution is 1.94. The maximum absolute atomic E-state index is 10.7. The van der Waals surface area contributed by atoms with E-state index in [9.17, 15) is 4.79 Å². The molecule has 1 atom stereocenters. The molecule has 0 aliphatic heterocycles. The second kappa shape index (κ2) is 8.31. The Labute approximate surface area is 108 Å². The molecule has 4 N–H and O–H groups in total. The number of aromatic amines is 1. The molecule has 100 valence electrons. The molecule has 1 rings (SSSR count). The Bertz CT molecular complexity index is 500. The Hall–Kier alpha value is -1.81. The van der Waals surface area contributed by atoms with Crippen molar-refractivity contribution in [2.45, 2.75) is 33.2 Å². The minimum absolute atomic E-state index is 0.305. The summed E-state index contributed by atoms with van der Waals surface area (Å²) in [7, 11) is 0. The second-order valence-corrected chi connectivity index (χ2v) is 3.48. The van der Waals surface area contributed by atoms with Gasteiger partial charge in [-0.05, 0) is 12.5 Å². The Kier molecular flexibility index (Phi) is 7.47. The maximum atomic E-state index is 10.7. The lowest BCUT2D eigenvalue weighted by molar-refractivity contribution is -0.138. The molecule has 0 saturated carbocycles. The van der Waals surface area contributed by atoms with Gasteiger partial charge in [-0.3, -0.25) is 4.79 Å². The summed E-state index contributed by atoms with van der Waals surface area (Å²) in [5.41, 5.74) is 6.39. The van der Waals surface area contributed by atoms with Crippen LogP contribution in [0.4, 0.5) is 0 Å². The van der Waals surface area contributed by atoms with Gasteiger partial charge in [-0.25, -0.2) is 0 Å². The zero-order chi connectivity index (χ0) is 14.1. The van der Waals surface area contributed by atoms with E-state index in [-0.39, 0.29) is 0 Å². The first-order chi connectivity index (χ1) is 8.60. The lowest BCUT2D eigenvalue weighted by Gasteiger charge is -2.03. The Balaban J connectivity index is 0.00000137. The van der Waals surface area contributed by atoms with Gasteiger partial charge in [0.15, 0.2) is 0 Å². The average molecular weight is 250 g/mol. The minimum atomic E-state index is -0.993. The van der Waals surface area contributed by atoms with E-state index >= 15 is 0 Å². The van der Waals surface area contributed by atoms with Gasteiger partial charge >= 0.3 is 5.97 Å². The fourth-order valence-electron chi connectivity index (χ4n) is 1.54. The van der Waals surface area contributed by atoms with Gasteiger partial charge in [0.25, 0.3) is 0 Å². The van der Waals surface area contributed by atoms with E-state index in [1.165, 1.54) is 0 Å². The third-order valence-corrected chi connectivity index (χ3v) is 2.37. The van der Waals surface area contributed by atoms with Crippen LogP contribution in [0.2, 0.25) is 0 Å². The van der Waals surface area contributed by atoms with Gasteiger partial charge < -0.3 is 15.8 Å². The van der Waals surface area contributed by atoms with Gasteiger partial charge in [0.05, 0.1) is 0 Å². The molecular formula is C14H22N2O2. The normalized spacial score (nSPS) is 13.8. The molecule has 1 unspecified atom stereocenters. The van der Waals surface area contributed by atoms with Gasteiger partial charge in [-0.1, -0.05) is 38.7 Å². The fourth-order valence-corrected chi connectivity index (χ4v) is 1.54. The van der Waals surface area contributed by atoms with E-state index in [0.29, 0.717) is 6.42 Å². The zero-order valence-electron chi connectivity index (χ0n) is 11.2. The predicted octanol–water partition coefficient (Wildman–Crippen LogP) is 0.762. The largest absolute Gasteiger partial charge is 0.480 e. The summed E-state index contributed by atoms with van der Waals surface area (Å²) in [6, 6.07) is -0.877. The molecule has 1 heterocycles. The summed E-state index contributed by atoms with van der Waals surface area (Å²) in [6.07, 6.45) is 7.53. The number of carboxylic acids is 1. The Morgan fingerprint density at radius 3 is 2.67 bits per heavy atom. The number of aromatic nitrogens is 1. The fraction of sp³-hybridized carbons (Fsp3) is 0.357. The summed E-state index contributed by atoms with van der Waals surface area (Å²) in [5, 5.41) is 10.7. The molecule has 0 bridgehead atoms. The molecule has 0 radical (unpaired) electrons. The van der Waals surface area contributed by atoms with E-state index in [2.05, 4.69) is 11.6 Å². The Morgan fingerprint density at radius 2 is 2.22 bits per heavy atom. The van der Waals surface area contributed by atoms with Crippen LogP contribution >= 0.6 is 0 Å². The van der Waals surface area contributed by atoms with Crippen LogP contribution in [-0.4, -0.2) is 22.1 Å². The monoisotopic (exact) mass is 250 g/mol. The van der Waals surface area contributed by atoms with Crippen molar-refractivity contribution in [3.8, 4) is 0 Å². The van der Waals surface area contributed by atoms with Crippen molar-refractivity contribution < 1.29 is 9.90 Å². The van der Waals surface area contributed by atoms with Crippen molar-refractivity contribution in [3.05, 3.63) is 35.0 Å². The van der Waals surface area contributed by atoms with Crippen LogP contribution in [0.25, 0.3) is 12.2 Å². The van der Waals surface area contributed by atoms with Crippen LogP contribution in [0.15, 0.2) is 18.9 Å². The molecule has 4 nitrogen and oxygen atoms in total. The Morgan fingerprint density at radius 1 is 1.61 bits per heavy atom. The lowest BCUT2D eigenvalue weighted by Crippen LogP contribution is -2.35. The number of nitrogens with one attached hydrogen (secondary N) is 1. The van der Waals surface area contributed by atoms with Crippen LogP contribution < -0.4 is 16.3 Å². The minimum Gasteiger partial charge on any atom is -0.480 e. The number of hydrogen-bond donors (Lipinski definition) is 3. The molecule has 0 fully saturated rings. The number of carbonyl (C=O) groups is 1. The summed E-state index contributed by atoms with van der Waals surface area (Å²) >= 11 is 0. The first-order valence-electron chi connectivity index (χ1n) is 6.04. The molecule has 1 aromatic rings. The quantitative estimate of drug-likeness (QED) is 0.738. The molecule has 0 saturated heterocycles. The first-order valence-corrected chi connectivity index (χ1v) is 6.04. The van der Waals surface area contributed by atoms with Gasteiger partial charge in [0.1, 0.15) is 6.04 Å². The third-order valence-electron chi connectivity index (χ3n) is 2.37. The average Bonchev–Trinajstić information content (AvgIpc) is 2.75. The van der Waals surface area contributed by atoms with Gasteiger partial charge in [0.2, 0.25) is 0 Å². The summed E-state index contributed by atoms with van der Waals surface area (Å²) < 4.78 is 0. The summed E-state index contributed by atoms with van der Waals surface area (Å²) in [6.45, 7) is 9.55. The molecule has 0 amide bonds. The number of aliphatic carboxylic acids is 1. The van der Waals surface area contributed by atoms with Crippen molar-refractivity contribution in [2.24, 2.45) is 5.73 Å². The van der Waals surface area contributed by atoms with Crippen molar-refractivity contribution in [3.63, 3.8) is 0 Å². The molecule has 0 aliphatic rings.